The summed E-state index contributed by atoms with van der Waals surface area (Å²) < 4.78 is 10.9. The predicted octanol–water partition coefficient (Wildman–Crippen LogP) is 4.50. The zero-order chi connectivity index (χ0) is 21.5. The second-order valence-electron chi connectivity index (χ2n) is 6.57. The minimum Gasteiger partial charge on any atom is -0.489 e. The molecule has 2 heterocycles. The maximum atomic E-state index is 12.3. The number of benzene rings is 2. The summed E-state index contributed by atoms with van der Waals surface area (Å²) in [5.41, 5.74) is 2.09. The lowest BCUT2D eigenvalue weighted by atomic mass is 10.2. The van der Waals surface area contributed by atoms with Gasteiger partial charge in [0.05, 0.1) is 4.88 Å². The Morgan fingerprint density at radius 2 is 1.74 bits per heavy atom. The maximum absolute atomic E-state index is 12.3. The Morgan fingerprint density at radius 3 is 2.48 bits per heavy atom. The summed E-state index contributed by atoms with van der Waals surface area (Å²) in [5.74, 6) is 0.0183. The number of thiophene rings is 1. The Labute approximate surface area is 182 Å². The molecule has 4 rings (SSSR count). The number of carbonyl (C=O) groups is 2. The first-order chi connectivity index (χ1) is 15.2. The van der Waals surface area contributed by atoms with Crippen molar-refractivity contribution in [2.75, 3.05) is 5.32 Å². The van der Waals surface area contributed by atoms with Crippen molar-refractivity contribution in [2.24, 2.45) is 0 Å². The van der Waals surface area contributed by atoms with Crippen LogP contribution in [0.4, 0.5) is 6.01 Å². The van der Waals surface area contributed by atoms with Crippen LogP contribution in [0.15, 0.2) is 82.8 Å². The Balaban J connectivity index is 1.26. The van der Waals surface area contributed by atoms with Crippen LogP contribution in [0.3, 0.4) is 0 Å². The number of aromatic nitrogens is 1. The molecule has 0 aliphatic heterocycles. The average molecular weight is 433 g/mol. The quantitative estimate of drug-likeness (QED) is 0.427. The standard InChI is InChI=1S/C23H19N3O4S/c27-21(19-15-30-23(25-19)26-22(28)20-7-4-12-31-20)24-13-16-8-10-18(11-9-16)29-14-17-5-2-1-3-6-17/h1-12,15H,13-14H2,(H,24,27)(H,25,26,28). The largest absolute Gasteiger partial charge is 0.489 e. The molecule has 0 aliphatic rings. The van der Waals surface area contributed by atoms with Crippen molar-refractivity contribution in [1.29, 1.82) is 0 Å². The number of nitrogens with one attached hydrogen (secondary N) is 2. The van der Waals surface area contributed by atoms with E-state index in [1.165, 1.54) is 17.6 Å². The van der Waals surface area contributed by atoms with E-state index in [9.17, 15) is 9.59 Å². The van der Waals surface area contributed by atoms with Gasteiger partial charge in [0, 0.05) is 6.54 Å². The summed E-state index contributed by atoms with van der Waals surface area (Å²) in [6, 6.07) is 20.9. The van der Waals surface area contributed by atoms with Gasteiger partial charge in [-0.1, -0.05) is 48.5 Å². The molecular weight excluding hydrogens is 414 g/mol. The van der Waals surface area contributed by atoms with Crippen molar-refractivity contribution in [2.45, 2.75) is 13.2 Å². The van der Waals surface area contributed by atoms with Crippen LogP contribution in [0.5, 0.6) is 5.75 Å². The highest BCUT2D eigenvalue weighted by Crippen LogP contribution is 2.15. The van der Waals surface area contributed by atoms with Crippen molar-refractivity contribution < 1.29 is 18.7 Å². The fourth-order valence-corrected chi connectivity index (χ4v) is 3.34. The Hall–Kier alpha value is -3.91. The molecule has 4 aromatic rings. The molecule has 0 atom stereocenters. The van der Waals surface area contributed by atoms with Crippen molar-refractivity contribution in [3.8, 4) is 5.75 Å². The average Bonchev–Trinajstić information content (AvgIpc) is 3.50. The van der Waals surface area contributed by atoms with Crippen LogP contribution in [0, 0.1) is 0 Å². The molecule has 156 valence electrons. The van der Waals surface area contributed by atoms with Crippen molar-refractivity contribution in [3.63, 3.8) is 0 Å². The molecule has 2 aromatic carbocycles. The van der Waals surface area contributed by atoms with Crippen LogP contribution in [0.25, 0.3) is 0 Å². The number of hydrogen-bond donors (Lipinski definition) is 2. The normalized spacial score (nSPS) is 10.5. The van der Waals surface area contributed by atoms with Gasteiger partial charge in [0.25, 0.3) is 11.8 Å². The van der Waals surface area contributed by atoms with Gasteiger partial charge in [0.15, 0.2) is 5.69 Å². The SMILES string of the molecule is O=C(NCc1ccc(OCc2ccccc2)cc1)c1coc(NC(=O)c2cccs2)n1. The Kier molecular flexibility index (Phi) is 6.39. The summed E-state index contributed by atoms with van der Waals surface area (Å²) in [6.07, 6.45) is 1.21. The van der Waals surface area contributed by atoms with Gasteiger partial charge in [-0.25, -0.2) is 0 Å². The summed E-state index contributed by atoms with van der Waals surface area (Å²) in [5, 5.41) is 7.09. The van der Waals surface area contributed by atoms with E-state index in [0.717, 1.165) is 16.9 Å². The van der Waals surface area contributed by atoms with Gasteiger partial charge in [0.1, 0.15) is 18.6 Å². The lowest BCUT2D eigenvalue weighted by Gasteiger charge is -2.08. The van der Waals surface area contributed by atoms with E-state index in [-0.39, 0.29) is 17.6 Å². The van der Waals surface area contributed by atoms with Crippen molar-refractivity contribution in [1.82, 2.24) is 10.3 Å². The summed E-state index contributed by atoms with van der Waals surface area (Å²) >= 11 is 1.30. The first-order valence-electron chi connectivity index (χ1n) is 9.51. The van der Waals surface area contributed by atoms with Crippen LogP contribution in [-0.4, -0.2) is 16.8 Å². The molecule has 0 bridgehead atoms. The third-order valence-corrected chi connectivity index (χ3v) is 5.20. The lowest BCUT2D eigenvalue weighted by Crippen LogP contribution is -2.23. The van der Waals surface area contributed by atoms with Crippen LogP contribution in [0.2, 0.25) is 0 Å². The summed E-state index contributed by atoms with van der Waals surface area (Å²) in [7, 11) is 0. The molecule has 2 amide bonds. The molecule has 0 aliphatic carbocycles. The van der Waals surface area contributed by atoms with Gasteiger partial charge in [-0.15, -0.1) is 11.3 Å². The van der Waals surface area contributed by atoms with Gasteiger partial charge >= 0.3 is 6.01 Å². The molecule has 0 spiro atoms. The third kappa shape index (κ3) is 5.58. The molecule has 2 N–H and O–H groups in total. The lowest BCUT2D eigenvalue weighted by molar-refractivity contribution is 0.0944. The zero-order valence-electron chi connectivity index (χ0n) is 16.4. The minimum absolute atomic E-state index is 0.0246. The number of hydrogen-bond acceptors (Lipinski definition) is 6. The van der Waals surface area contributed by atoms with Gasteiger partial charge in [-0.3, -0.25) is 14.9 Å². The van der Waals surface area contributed by atoms with Crippen LogP contribution in [-0.2, 0) is 13.2 Å². The molecular formula is C23H19N3O4S. The van der Waals surface area contributed by atoms with Gasteiger partial charge in [-0.2, -0.15) is 4.98 Å². The topological polar surface area (TPSA) is 93.5 Å². The Bertz CT molecular complexity index is 1140. The first kappa shape index (κ1) is 20.4. The van der Waals surface area contributed by atoms with Crippen molar-refractivity contribution >= 4 is 29.2 Å². The van der Waals surface area contributed by atoms with E-state index in [0.29, 0.717) is 18.0 Å². The highest BCUT2D eigenvalue weighted by atomic mass is 32.1. The van der Waals surface area contributed by atoms with Crippen LogP contribution >= 0.6 is 11.3 Å². The third-order valence-electron chi connectivity index (χ3n) is 4.33. The van der Waals surface area contributed by atoms with E-state index in [4.69, 9.17) is 9.15 Å². The minimum atomic E-state index is -0.398. The highest BCUT2D eigenvalue weighted by molar-refractivity contribution is 7.12. The molecule has 0 saturated carbocycles. The number of anilines is 1. The number of nitrogens with zero attached hydrogens (tertiary/aromatic N) is 1. The van der Waals surface area contributed by atoms with Gasteiger partial charge < -0.3 is 14.5 Å². The number of carbonyl (C=O) groups excluding carboxylic acids is 2. The van der Waals surface area contributed by atoms with Crippen LogP contribution < -0.4 is 15.4 Å². The van der Waals surface area contributed by atoms with E-state index >= 15 is 0 Å². The van der Waals surface area contributed by atoms with E-state index in [1.807, 2.05) is 54.6 Å². The number of ether oxygens (including phenoxy) is 1. The molecule has 2 aromatic heterocycles. The smallest absolute Gasteiger partial charge is 0.302 e. The Morgan fingerprint density at radius 1 is 0.935 bits per heavy atom. The fourth-order valence-electron chi connectivity index (χ4n) is 2.72. The maximum Gasteiger partial charge on any atom is 0.302 e. The molecule has 7 nitrogen and oxygen atoms in total. The molecule has 31 heavy (non-hydrogen) atoms. The second-order valence-corrected chi connectivity index (χ2v) is 7.52. The van der Waals surface area contributed by atoms with E-state index in [1.54, 1.807) is 17.5 Å². The van der Waals surface area contributed by atoms with Crippen LogP contribution in [0.1, 0.15) is 31.3 Å². The molecule has 0 fully saturated rings. The van der Waals surface area contributed by atoms with E-state index in [2.05, 4.69) is 15.6 Å². The van der Waals surface area contributed by atoms with Gasteiger partial charge in [-0.05, 0) is 34.7 Å². The number of oxazole rings is 1. The zero-order valence-corrected chi connectivity index (χ0v) is 17.2. The summed E-state index contributed by atoms with van der Waals surface area (Å²) in [6.45, 7) is 0.815. The molecule has 0 radical (unpaired) electrons. The van der Waals surface area contributed by atoms with Crippen molar-refractivity contribution in [3.05, 3.63) is 100 Å². The predicted molar refractivity (Wildman–Crippen MR) is 117 cm³/mol. The molecule has 8 heteroatoms. The highest BCUT2D eigenvalue weighted by Gasteiger charge is 2.15. The first-order valence-corrected chi connectivity index (χ1v) is 10.4. The second kappa shape index (κ2) is 9.73. The van der Waals surface area contributed by atoms with E-state index < -0.39 is 5.91 Å². The monoisotopic (exact) mass is 433 g/mol. The molecule has 0 saturated heterocycles. The number of rotatable bonds is 8. The molecule has 0 unspecified atom stereocenters. The number of amides is 2. The van der Waals surface area contributed by atoms with Gasteiger partial charge in [0.2, 0.25) is 0 Å². The summed E-state index contributed by atoms with van der Waals surface area (Å²) in [4.78, 5) is 28.9. The fraction of sp³-hybridized carbons (Fsp3) is 0.0870.